The molecule has 2 rings (SSSR count). The lowest BCUT2D eigenvalue weighted by Crippen LogP contribution is -1.99. The van der Waals surface area contributed by atoms with Gasteiger partial charge in [0.25, 0.3) is 0 Å². The fourth-order valence-electron chi connectivity index (χ4n) is 1.67. The van der Waals surface area contributed by atoms with Crippen LogP contribution in [0, 0.1) is 0 Å². The Balaban J connectivity index is 2.61. The zero-order chi connectivity index (χ0) is 13.7. The Morgan fingerprint density at radius 3 is 2.79 bits per heavy atom. The van der Waals surface area contributed by atoms with Crippen LogP contribution in [0.5, 0.6) is 5.75 Å². The van der Waals surface area contributed by atoms with Crippen molar-refractivity contribution < 1.29 is 9.94 Å². The summed E-state index contributed by atoms with van der Waals surface area (Å²) in [4.78, 5) is 9.51. The monoisotopic (exact) mass is 275 g/mol. The zero-order valence-corrected chi connectivity index (χ0v) is 11.4. The minimum Gasteiger partial charge on any atom is -0.495 e. The van der Waals surface area contributed by atoms with E-state index in [-0.39, 0.29) is 0 Å². The Morgan fingerprint density at radius 1 is 1.37 bits per heavy atom. The summed E-state index contributed by atoms with van der Waals surface area (Å²) in [6.45, 7) is 0. The van der Waals surface area contributed by atoms with Crippen molar-refractivity contribution in [3.63, 3.8) is 0 Å². The van der Waals surface area contributed by atoms with Crippen molar-refractivity contribution >= 4 is 18.0 Å². The van der Waals surface area contributed by atoms with Gasteiger partial charge in [-0.3, -0.25) is 4.98 Å². The van der Waals surface area contributed by atoms with Gasteiger partial charge in [0.05, 0.1) is 29.6 Å². The van der Waals surface area contributed by atoms with Gasteiger partial charge in [0, 0.05) is 12.3 Å². The van der Waals surface area contributed by atoms with Crippen LogP contribution in [-0.2, 0) is 0 Å². The fraction of sp³-hybridized carbons (Fsp3) is 0.154. The molecule has 1 N–H and O–H groups in total. The van der Waals surface area contributed by atoms with E-state index >= 15 is 0 Å². The summed E-state index contributed by atoms with van der Waals surface area (Å²) in [5, 5.41) is 11.8. The normalized spacial score (nSPS) is 10.8. The molecule has 0 aliphatic carbocycles. The Hall–Kier alpha value is -2.08. The van der Waals surface area contributed by atoms with Crippen molar-refractivity contribution in [2.24, 2.45) is 5.16 Å². The lowest BCUT2D eigenvalue weighted by molar-refractivity contribution is 0.321. The third kappa shape index (κ3) is 2.85. The van der Waals surface area contributed by atoms with Crippen molar-refractivity contribution in [3.8, 4) is 17.1 Å². The summed E-state index contributed by atoms with van der Waals surface area (Å²) in [7, 11) is 1.59. The van der Waals surface area contributed by atoms with E-state index in [1.165, 1.54) is 18.0 Å². The molecule has 0 radical (unpaired) electrons. The number of rotatable bonds is 4. The van der Waals surface area contributed by atoms with Crippen LogP contribution in [0.15, 0.2) is 40.5 Å². The molecule has 0 atom stereocenters. The highest BCUT2D eigenvalue weighted by Crippen LogP contribution is 2.32. The van der Waals surface area contributed by atoms with Crippen LogP contribution in [0.25, 0.3) is 11.4 Å². The molecule has 5 nitrogen and oxygen atoms in total. The Bertz CT molecular complexity index is 588. The molecule has 0 saturated heterocycles. The molecular formula is C13H13N3O2S. The lowest BCUT2D eigenvalue weighted by atomic mass is 10.2. The van der Waals surface area contributed by atoms with E-state index in [4.69, 9.17) is 9.94 Å². The van der Waals surface area contributed by atoms with Gasteiger partial charge >= 0.3 is 0 Å². The van der Waals surface area contributed by atoms with E-state index in [9.17, 15) is 0 Å². The number of ether oxygens (including phenoxy) is 1. The number of methoxy groups -OCH3 is 1. The van der Waals surface area contributed by atoms with Crippen LogP contribution in [0.4, 0.5) is 0 Å². The minimum absolute atomic E-state index is 0.551. The van der Waals surface area contributed by atoms with Gasteiger partial charge in [-0.25, -0.2) is 4.98 Å². The van der Waals surface area contributed by atoms with E-state index in [1.807, 2.05) is 30.5 Å². The highest BCUT2D eigenvalue weighted by Gasteiger charge is 2.13. The van der Waals surface area contributed by atoms with Gasteiger partial charge in [0.1, 0.15) is 11.4 Å². The SMILES string of the molecule is COc1cc(-c2ccccn2)nc(/C=N/O)c1SC. The summed E-state index contributed by atoms with van der Waals surface area (Å²) in [6.07, 6.45) is 4.90. The topological polar surface area (TPSA) is 67.6 Å². The van der Waals surface area contributed by atoms with Crippen molar-refractivity contribution in [3.05, 3.63) is 36.2 Å². The standard InChI is InChI=1S/C13H13N3O2S/c1-18-12-7-10(9-5-3-4-6-14-9)16-11(8-15-17)13(12)19-2/h3-8,17H,1-2H3/b15-8+. The Morgan fingerprint density at radius 2 is 2.21 bits per heavy atom. The molecule has 2 heterocycles. The molecule has 0 aliphatic rings. The molecule has 0 fully saturated rings. The summed E-state index contributed by atoms with van der Waals surface area (Å²) < 4.78 is 5.35. The second-order valence-electron chi connectivity index (χ2n) is 3.59. The second-order valence-corrected chi connectivity index (χ2v) is 4.40. The maximum atomic E-state index is 8.73. The minimum atomic E-state index is 0.551. The van der Waals surface area contributed by atoms with Crippen molar-refractivity contribution in [2.75, 3.05) is 13.4 Å². The second kappa shape index (κ2) is 6.19. The Kier molecular flexibility index (Phi) is 4.35. The first-order valence-corrected chi connectivity index (χ1v) is 6.74. The van der Waals surface area contributed by atoms with Gasteiger partial charge in [0.2, 0.25) is 0 Å². The quantitative estimate of drug-likeness (QED) is 0.402. The number of nitrogens with zero attached hydrogens (tertiary/aromatic N) is 3. The highest BCUT2D eigenvalue weighted by atomic mass is 32.2. The van der Waals surface area contributed by atoms with E-state index in [2.05, 4.69) is 15.1 Å². The van der Waals surface area contributed by atoms with Gasteiger partial charge in [-0.2, -0.15) is 0 Å². The molecule has 2 aromatic heterocycles. The van der Waals surface area contributed by atoms with Gasteiger partial charge in [0.15, 0.2) is 0 Å². The van der Waals surface area contributed by atoms with Crippen LogP contribution in [-0.4, -0.2) is 34.8 Å². The highest BCUT2D eigenvalue weighted by molar-refractivity contribution is 7.98. The third-order valence-corrected chi connectivity index (χ3v) is 3.32. The molecule has 98 valence electrons. The van der Waals surface area contributed by atoms with Gasteiger partial charge in [-0.05, 0) is 18.4 Å². The predicted molar refractivity (Wildman–Crippen MR) is 75.2 cm³/mol. The van der Waals surface area contributed by atoms with E-state index in [0.717, 1.165) is 10.6 Å². The van der Waals surface area contributed by atoms with E-state index in [1.54, 1.807) is 13.3 Å². The Labute approximate surface area is 115 Å². The number of hydrogen-bond acceptors (Lipinski definition) is 6. The molecule has 0 saturated carbocycles. The molecule has 0 spiro atoms. The number of thioether (sulfide) groups is 1. The smallest absolute Gasteiger partial charge is 0.136 e. The molecule has 0 unspecified atom stereocenters. The largest absolute Gasteiger partial charge is 0.495 e. The lowest BCUT2D eigenvalue weighted by Gasteiger charge is -2.11. The molecule has 0 aromatic carbocycles. The number of aromatic nitrogens is 2. The summed E-state index contributed by atoms with van der Waals surface area (Å²) in [5.74, 6) is 0.679. The molecule has 0 bridgehead atoms. The van der Waals surface area contributed by atoms with Crippen LogP contribution in [0.2, 0.25) is 0 Å². The molecule has 0 amide bonds. The van der Waals surface area contributed by atoms with Crippen LogP contribution >= 0.6 is 11.8 Å². The fourth-order valence-corrected chi connectivity index (χ4v) is 2.32. The number of hydrogen-bond donors (Lipinski definition) is 1. The molecular weight excluding hydrogens is 262 g/mol. The predicted octanol–water partition coefficient (Wildman–Crippen LogP) is 2.68. The van der Waals surface area contributed by atoms with E-state index in [0.29, 0.717) is 17.1 Å². The summed E-state index contributed by atoms with van der Waals surface area (Å²) in [6, 6.07) is 7.41. The maximum Gasteiger partial charge on any atom is 0.136 e. The molecule has 2 aromatic rings. The number of oxime groups is 1. The van der Waals surface area contributed by atoms with Crippen LogP contribution in [0.3, 0.4) is 0 Å². The number of pyridine rings is 2. The van der Waals surface area contributed by atoms with Crippen molar-refractivity contribution in [1.82, 2.24) is 9.97 Å². The van der Waals surface area contributed by atoms with Gasteiger partial charge < -0.3 is 9.94 Å². The summed E-state index contributed by atoms with van der Waals surface area (Å²) in [5.41, 5.74) is 1.96. The van der Waals surface area contributed by atoms with E-state index < -0.39 is 0 Å². The molecule has 6 heteroatoms. The average molecular weight is 275 g/mol. The van der Waals surface area contributed by atoms with Gasteiger partial charge in [-0.1, -0.05) is 11.2 Å². The molecule has 19 heavy (non-hydrogen) atoms. The van der Waals surface area contributed by atoms with Crippen LogP contribution < -0.4 is 4.74 Å². The van der Waals surface area contributed by atoms with Crippen LogP contribution in [0.1, 0.15) is 5.69 Å². The average Bonchev–Trinajstić information content (AvgIpc) is 2.47. The van der Waals surface area contributed by atoms with Gasteiger partial charge in [-0.15, -0.1) is 11.8 Å². The summed E-state index contributed by atoms with van der Waals surface area (Å²) >= 11 is 1.48. The van der Waals surface area contributed by atoms with Crippen molar-refractivity contribution in [1.29, 1.82) is 0 Å². The molecule has 0 aliphatic heterocycles. The maximum absolute atomic E-state index is 8.73. The first-order chi connectivity index (χ1) is 9.30. The zero-order valence-electron chi connectivity index (χ0n) is 10.6. The van der Waals surface area contributed by atoms with Crippen molar-refractivity contribution in [2.45, 2.75) is 4.90 Å². The third-order valence-electron chi connectivity index (χ3n) is 2.50. The first-order valence-electron chi connectivity index (χ1n) is 5.52. The first kappa shape index (κ1) is 13.4.